The summed E-state index contributed by atoms with van der Waals surface area (Å²) in [6.07, 6.45) is 8.89. The number of carbonyl (C=O) groups is 1. The Balaban J connectivity index is 1.37. The van der Waals surface area contributed by atoms with Crippen LogP contribution >= 0.6 is 11.3 Å². The van der Waals surface area contributed by atoms with E-state index in [1.807, 2.05) is 34.5 Å². The average molecular weight is 395 g/mol. The SMILES string of the molecule is O=C(c1cccs1)N1CCC(CC2CC2)(c2noc(-c3cccnc3)n2)CC1. The van der Waals surface area contributed by atoms with Crippen LogP contribution < -0.4 is 0 Å². The fourth-order valence-corrected chi connectivity index (χ4v) is 4.82. The smallest absolute Gasteiger partial charge is 0.263 e. The van der Waals surface area contributed by atoms with Crippen molar-refractivity contribution in [3.63, 3.8) is 0 Å². The summed E-state index contributed by atoms with van der Waals surface area (Å²) >= 11 is 1.51. The van der Waals surface area contributed by atoms with Gasteiger partial charge < -0.3 is 9.42 Å². The number of pyridine rings is 1. The van der Waals surface area contributed by atoms with Gasteiger partial charge in [-0.2, -0.15) is 4.98 Å². The number of piperidine rings is 1. The summed E-state index contributed by atoms with van der Waals surface area (Å²) in [7, 11) is 0. The van der Waals surface area contributed by atoms with Crippen molar-refractivity contribution in [1.82, 2.24) is 20.0 Å². The highest BCUT2D eigenvalue weighted by atomic mass is 32.1. The van der Waals surface area contributed by atoms with Gasteiger partial charge in [-0.05, 0) is 48.8 Å². The first-order valence-electron chi connectivity index (χ1n) is 9.81. The summed E-state index contributed by atoms with van der Waals surface area (Å²) in [5.74, 6) is 2.20. The third-order valence-electron chi connectivity index (χ3n) is 5.92. The lowest BCUT2D eigenvalue weighted by molar-refractivity contribution is 0.0650. The number of rotatable bonds is 5. The molecule has 6 nitrogen and oxygen atoms in total. The molecule has 1 aliphatic carbocycles. The van der Waals surface area contributed by atoms with Gasteiger partial charge in [-0.3, -0.25) is 9.78 Å². The van der Waals surface area contributed by atoms with Crippen LogP contribution in [0.1, 0.15) is 47.6 Å². The molecule has 1 saturated carbocycles. The maximum Gasteiger partial charge on any atom is 0.263 e. The second-order valence-electron chi connectivity index (χ2n) is 7.86. The molecule has 0 radical (unpaired) electrons. The van der Waals surface area contributed by atoms with E-state index in [0.29, 0.717) is 5.89 Å². The van der Waals surface area contributed by atoms with E-state index in [1.54, 1.807) is 12.4 Å². The molecule has 144 valence electrons. The van der Waals surface area contributed by atoms with Crippen molar-refractivity contribution in [3.05, 3.63) is 52.7 Å². The van der Waals surface area contributed by atoms with E-state index in [1.165, 1.54) is 24.2 Å². The largest absolute Gasteiger partial charge is 0.338 e. The van der Waals surface area contributed by atoms with Gasteiger partial charge >= 0.3 is 0 Å². The van der Waals surface area contributed by atoms with Crippen molar-refractivity contribution >= 4 is 17.2 Å². The first-order chi connectivity index (χ1) is 13.7. The molecular formula is C21H22N4O2S. The van der Waals surface area contributed by atoms with Crippen molar-refractivity contribution < 1.29 is 9.32 Å². The number of amides is 1. The van der Waals surface area contributed by atoms with Crippen LogP contribution in [0.15, 0.2) is 46.6 Å². The molecule has 1 amide bonds. The minimum absolute atomic E-state index is 0.0998. The van der Waals surface area contributed by atoms with Crippen molar-refractivity contribution in [2.45, 2.75) is 37.5 Å². The second-order valence-corrected chi connectivity index (χ2v) is 8.81. The number of likely N-dealkylation sites (tertiary alicyclic amines) is 1. The molecule has 28 heavy (non-hydrogen) atoms. The van der Waals surface area contributed by atoms with Gasteiger partial charge in [0.25, 0.3) is 11.8 Å². The molecule has 3 aromatic heterocycles. The molecule has 7 heteroatoms. The van der Waals surface area contributed by atoms with E-state index >= 15 is 0 Å². The van der Waals surface area contributed by atoms with Gasteiger partial charge in [0.2, 0.25) is 0 Å². The average Bonchev–Trinajstić information content (AvgIpc) is 3.21. The predicted octanol–water partition coefficient (Wildman–Crippen LogP) is 4.17. The van der Waals surface area contributed by atoms with Crippen molar-refractivity contribution in [2.24, 2.45) is 5.92 Å². The third kappa shape index (κ3) is 3.35. The number of nitrogens with zero attached hydrogens (tertiary/aromatic N) is 4. The van der Waals surface area contributed by atoms with Crippen LogP contribution in [0.3, 0.4) is 0 Å². The van der Waals surface area contributed by atoms with Crippen molar-refractivity contribution in [3.8, 4) is 11.5 Å². The highest BCUT2D eigenvalue weighted by Crippen LogP contribution is 2.47. The Kier molecular flexibility index (Phi) is 4.47. The molecule has 4 heterocycles. The summed E-state index contributed by atoms with van der Waals surface area (Å²) in [4.78, 5) is 24.4. The molecule has 0 spiro atoms. The third-order valence-corrected chi connectivity index (χ3v) is 6.78. The molecule has 0 N–H and O–H groups in total. The molecular weight excluding hydrogens is 372 g/mol. The maximum absolute atomic E-state index is 12.7. The highest BCUT2D eigenvalue weighted by Gasteiger charge is 2.45. The van der Waals surface area contributed by atoms with Crippen LogP contribution in [0.25, 0.3) is 11.5 Å². The monoisotopic (exact) mass is 394 g/mol. The standard InChI is InChI=1S/C21H22N4O2S/c26-19(17-4-2-12-28-17)25-10-7-21(8-11-25,13-15-5-6-15)20-23-18(27-24-20)16-3-1-9-22-14-16/h1-4,9,12,14-15H,5-8,10-11,13H2. The first kappa shape index (κ1) is 17.6. The molecule has 0 unspecified atom stereocenters. The summed E-state index contributed by atoms with van der Waals surface area (Å²) < 4.78 is 5.58. The maximum atomic E-state index is 12.7. The van der Waals surface area contributed by atoms with Crippen LogP contribution in [-0.4, -0.2) is 39.0 Å². The molecule has 3 aromatic rings. The lowest BCUT2D eigenvalue weighted by Crippen LogP contribution is -2.45. The number of hydrogen-bond acceptors (Lipinski definition) is 6. The van der Waals surface area contributed by atoms with E-state index < -0.39 is 0 Å². The van der Waals surface area contributed by atoms with E-state index in [4.69, 9.17) is 9.51 Å². The van der Waals surface area contributed by atoms with E-state index in [-0.39, 0.29) is 11.3 Å². The van der Waals surface area contributed by atoms with Gasteiger partial charge in [0.1, 0.15) is 0 Å². The molecule has 5 rings (SSSR count). The molecule has 0 atom stereocenters. The topological polar surface area (TPSA) is 72.1 Å². The Labute approximate surface area is 167 Å². The minimum Gasteiger partial charge on any atom is -0.338 e. The lowest BCUT2D eigenvalue weighted by Gasteiger charge is -2.40. The summed E-state index contributed by atoms with van der Waals surface area (Å²) in [5, 5.41) is 6.33. The van der Waals surface area contributed by atoms with Crippen LogP contribution in [-0.2, 0) is 5.41 Å². The van der Waals surface area contributed by atoms with Gasteiger partial charge in [0.15, 0.2) is 5.82 Å². The highest BCUT2D eigenvalue weighted by molar-refractivity contribution is 7.12. The Morgan fingerprint density at radius 1 is 1.25 bits per heavy atom. The lowest BCUT2D eigenvalue weighted by atomic mass is 9.73. The van der Waals surface area contributed by atoms with Gasteiger partial charge in [0.05, 0.1) is 10.4 Å². The van der Waals surface area contributed by atoms with Gasteiger partial charge in [-0.1, -0.05) is 24.1 Å². The summed E-state index contributed by atoms with van der Waals surface area (Å²) in [6, 6.07) is 7.63. The Bertz CT molecular complexity index is 942. The Morgan fingerprint density at radius 2 is 2.11 bits per heavy atom. The van der Waals surface area contributed by atoms with Crippen LogP contribution in [0.4, 0.5) is 0 Å². The molecule has 2 fully saturated rings. The quantitative estimate of drug-likeness (QED) is 0.649. The Hall–Kier alpha value is -2.54. The molecule has 0 aromatic carbocycles. The zero-order valence-electron chi connectivity index (χ0n) is 15.6. The van der Waals surface area contributed by atoms with Gasteiger partial charge in [-0.25, -0.2) is 0 Å². The molecule has 2 aliphatic rings. The Morgan fingerprint density at radius 3 is 2.79 bits per heavy atom. The van der Waals surface area contributed by atoms with Crippen LogP contribution in [0.2, 0.25) is 0 Å². The van der Waals surface area contributed by atoms with E-state index in [0.717, 1.165) is 54.5 Å². The van der Waals surface area contributed by atoms with E-state index in [9.17, 15) is 4.79 Å². The second kappa shape index (κ2) is 7.13. The number of aromatic nitrogens is 3. The first-order valence-corrected chi connectivity index (χ1v) is 10.7. The fraction of sp³-hybridized carbons (Fsp3) is 0.429. The van der Waals surface area contributed by atoms with Gasteiger partial charge in [0, 0.05) is 30.9 Å². The van der Waals surface area contributed by atoms with Crippen molar-refractivity contribution in [1.29, 1.82) is 0 Å². The van der Waals surface area contributed by atoms with Crippen LogP contribution in [0, 0.1) is 5.92 Å². The number of thiophene rings is 1. The van der Waals surface area contributed by atoms with Crippen molar-refractivity contribution in [2.75, 3.05) is 13.1 Å². The molecule has 1 saturated heterocycles. The van der Waals surface area contributed by atoms with Crippen LogP contribution in [0.5, 0.6) is 0 Å². The minimum atomic E-state index is -0.0998. The molecule has 0 bridgehead atoms. The normalized spacial score (nSPS) is 18.9. The number of hydrogen-bond donors (Lipinski definition) is 0. The predicted molar refractivity (Wildman–Crippen MR) is 106 cm³/mol. The summed E-state index contributed by atoms with van der Waals surface area (Å²) in [6.45, 7) is 1.47. The zero-order chi connectivity index (χ0) is 19.0. The van der Waals surface area contributed by atoms with Gasteiger partial charge in [-0.15, -0.1) is 11.3 Å². The fourth-order valence-electron chi connectivity index (χ4n) is 4.13. The summed E-state index contributed by atoms with van der Waals surface area (Å²) in [5.41, 5.74) is 0.741. The molecule has 1 aliphatic heterocycles. The number of carbonyl (C=O) groups excluding carboxylic acids is 1. The van der Waals surface area contributed by atoms with E-state index in [2.05, 4.69) is 10.1 Å². The zero-order valence-corrected chi connectivity index (χ0v) is 16.4.